The van der Waals surface area contributed by atoms with Crippen LogP contribution in [-0.2, 0) is 17.6 Å². The highest BCUT2D eigenvalue weighted by Crippen LogP contribution is 2.31. The molecule has 0 saturated heterocycles. The van der Waals surface area contributed by atoms with E-state index in [2.05, 4.69) is 22.8 Å². The van der Waals surface area contributed by atoms with E-state index in [1.165, 1.54) is 5.56 Å². The predicted molar refractivity (Wildman–Crippen MR) is 128 cm³/mol. The topological polar surface area (TPSA) is 96.2 Å². The highest BCUT2D eigenvalue weighted by Gasteiger charge is 2.24. The summed E-state index contributed by atoms with van der Waals surface area (Å²) in [5.74, 6) is -0.345. The lowest BCUT2D eigenvalue weighted by atomic mass is 10.1. The van der Waals surface area contributed by atoms with Gasteiger partial charge in [-0.1, -0.05) is 42.5 Å². The van der Waals surface area contributed by atoms with Gasteiger partial charge in [-0.05, 0) is 53.1 Å². The van der Waals surface area contributed by atoms with E-state index in [1.807, 2.05) is 35.7 Å². The number of thiophene rings is 1. The molecule has 0 unspecified atom stereocenters. The van der Waals surface area contributed by atoms with Gasteiger partial charge in [-0.2, -0.15) is 5.10 Å². The molecule has 0 radical (unpaired) electrons. The van der Waals surface area contributed by atoms with Crippen LogP contribution in [0.3, 0.4) is 0 Å². The zero-order chi connectivity index (χ0) is 22.8. The monoisotopic (exact) mass is 458 g/mol. The molecule has 0 spiro atoms. The summed E-state index contributed by atoms with van der Waals surface area (Å²) in [6, 6.07) is 20.8. The number of carboxylic acids is 1. The number of rotatable bonds is 6. The smallest absolute Gasteiger partial charge is 0.320 e. The molecule has 4 aromatic rings. The fourth-order valence-electron chi connectivity index (χ4n) is 4.16. The van der Waals surface area contributed by atoms with Gasteiger partial charge in [0.1, 0.15) is 11.5 Å². The van der Waals surface area contributed by atoms with Crippen molar-refractivity contribution in [2.45, 2.75) is 25.3 Å². The van der Waals surface area contributed by atoms with Gasteiger partial charge in [0.05, 0.1) is 23.0 Å². The number of fused-ring (bicyclic) bond motifs is 1. The lowest BCUT2D eigenvalue weighted by Crippen LogP contribution is -2.32. The minimum atomic E-state index is -0.880. The second kappa shape index (κ2) is 8.91. The molecule has 1 aliphatic carbocycles. The third kappa shape index (κ3) is 4.51. The molecular weight excluding hydrogens is 436 g/mol. The van der Waals surface area contributed by atoms with Crippen molar-refractivity contribution in [2.24, 2.45) is 0 Å². The van der Waals surface area contributed by atoms with E-state index in [-0.39, 0.29) is 18.5 Å². The van der Waals surface area contributed by atoms with E-state index >= 15 is 0 Å². The van der Waals surface area contributed by atoms with E-state index in [9.17, 15) is 9.59 Å². The summed E-state index contributed by atoms with van der Waals surface area (Å²) in [6.07, 6.45) is 1.78. The number of carbonyl (C=O) groups excluding carboxylic acids is 1. The van der Waals surface area contributed by atoms with Gasteiger partial charge < -0.3 is 10.4 Å². The van der Waals surface area contributed by atoms with E-state index < -0.39 is 5.97 Å². The number of aliphatic carboxylic acids is 1. The third-order valence-electron chi connectivity index (χ3n) is 5.70. The molecule has 166 valence electrons. The average Bonchev–Trinajstić information content (AvgIpc) is 3.54. The minimum Gasteiger partial charge on any atom is -0.481 e. The maximum Gasteiger partial charge on any atom is 0.320 e. The number of aryl methyl sites for hydroxylation is 1. The largest absolute Gasteiger partial charge is 0.481 e. The highest BCUT2D eigenvalue weighted by atomic mass is 32.1. The standard InChI is InChI=1S/C25H22N4O3S/c30-24(31)14-16-7-10-18(11-8-16)29-23(15-21(28-29)22-6-3-13-33-22)27-25(32)26-20-12-9-17-4-1-2-5-19(17)20/h1-8,10-11,13,15,20H,9,12,14H2,(H,30,31)(H2,26,27,32)/t20-/m0/s1. The molecule has 0 fully saturated rings. The molecule has 33 heavy (non-hydrogen) atoms. The van der Waals surface area contributed by atoms with Crippen molar-refractivity contribution >= 4 is 29.2 Å². The molecule has 5 rings (SSSR count). The van der Waals surface area contributed by atoms with Gasteiger partial charge in [-0.3, -0.25) is 10.1 Å². The lowest BCUT2D eigenvalue weighted by Gasteiger charge is -2.15. The fraction of sp³-hybridized carbons (Fsp3) is 0.160. The first-order valence-electron chi connectivity index (χ1n) is 10.7. The van der Waals surface area contributed by atoms with Gasteiger partial charge in [0.15, 0.2) is 0 Å². The molecule has 3 N–H and O–H groups in total. The average molecular weight is 459 g/mol. The molecule has 2 aromatic carbocycles. The zero-order valence-electron chi connectivity index (χ0n) is 17.7. The van der Waals surface area contributed by atoms with Crippen molar-refractivity contribution in [2.75, 3.05) is 5.32 Å². The molecule has 2 heterocycles. The van der Waals surface area contributed by atoms with Crippen LogP contribution in [0.25, 0.3) is 16.3 Å². The number of aromatic nitrogens is 2. The molecule has 1 atom stereocenters. The summed E-state index contributed by atoms with van der Waals surface area (Å²) in [6.45, 7) is 0. The zero-order valence-corrected chi connectivity index (χ0v) is 18.5. The Labute approximate surface area is 194 Å². The summed E-state index contributed by atoms with van der Waals surface area (Å²) in [7, 11) is 0. The third-order valence-corrected chi connectivity index (χ3v) is 6.59. The van der Waals surface area contributed by atoms with Crippen molar-refractivity contribution in [1.29, 1.82) is 0 Å². The van der Waals surface area contributed by atoms with Crippen molar-refractivity contribution < 1.29 is 14.7 Å². The number of amides is 2. The molecular formula is C25H22N4O3S. The van der Waals surface area contributed by atoms with E-state index in [1.54, 1.807) is 40.3 Å². The van der Waals surface area contributed by atoms with Gasteiger partial charge in [0, 0.05) is 6.07 Å². The van der Waals surface area contributed by atoms with Gasteiger partial charge in [-0.15, -0.1) is 11.3 Å². The highest BCUT2D eigenvalue weighted by molar-refractivity contribution is 7.13. The number of carbonyl (C=O) groups is 2. The summed E-state index contributed by atoms with van der Waals surface area (Å²) < 4.78 is 1.67. The first-order chi connectivity index (χ1) is 16.1. The summed E-state index contributed by atoms with van der Waals surface area (Å²) in [5.41, 5.74) is 4.61. The van der Waals surface area contributed by atoms with Crippen molar-refractivity contribution in [3.05, 3.63) is 88.8 Å². The van der Waals surface area contributed by atoms with Crippen molar-refractivity contribution in [3.63, 3.8) is 0 Å². The Balaban J connectivity index is 1.40. The molecule has 7 nitrogen and oxygen atoms in total. The van der Waals surface area contributed by atoms with Crippen LogP contribution >= 0.6 is 11.3 Å². The summed E-state index contributed by atoms with van der Waals surface area (Å²) in [4.78, 5) is 24.9. The minimum absolute atomic E-state index is 0.0235. The summed E-state index contributed by atoms with van der Waals surface area (Å²) >= 11 is 1.57. The number of hydrogen-bond donors (Lipinski definition) is 3. The Bertz CT molecular complexity index is 1300. The Kier molecular flexibility index (Phi) is 5.66. The van der Waals surface area contributed by atoms with Crippen LogP contribution in [0.2, 0.25) is 0 Å². The Morgan fingerprint density at radius 2 is 1.91 bits per heavy atom. The van der Waals surface area contributed by atoms with Gasteiger partial charge in [-0.25, -0.2) is 9.48 Å². The number of nitrogens with zero attached hydrogens (tertiary/aromatic N) is 2. The quantitative estimate of drug-likeness (QED) is 0.377. The molecule has 8 heteroatoms. The Morgan fingerprint density at radius 1 is 1.09 bits per heavy atom. The predicted octanol–water partition coefficient (Wildman–Crippen LogP) is 5.04. The van der Waals surface area contributed by atoms with Crippen LogP contribution in [0.5, 0.6) is 0 Å². The maximum atomic E-state index is 12.9. The number of hydrogen-bond acceptors (Lipinski definition) is 4. The molecule has 2 aromatic heterocycles. The molecule has 0 aliphatic heterocycles. The van der Waals surface area contributed by atoms with Crippen LogP contribution in [-0.4, -0.2) is 26.9 Å². The fourth-order valence-corrected chi connectivity index (χ4v) is 4.84. The number of carboxylic acid groups (broad SMARTS) is 1. The molecule has 1 aliphatic rings. The molecule has 2 amide bonds. The second-order valence-corrected chi connectivity index (χ2v) is 8.88. The van der Waals surface area contributed by atoms with Crippen LogP contribution in [0.1, 0.15) is 29.2 Å². The number of urea groups is 1. The van der Waals surface area contributed by atoms with Crippen LogP contribution in [0.15, 0.2) is 72.1 Å². The Hall–Kier alpha value is -3.91. The van der Waals surface area contributed by atoms with Crippen LogP contribution < -0.4 is 10.6 Å². The van der Waals surface area contributed by atoms with E-state index in [0.29, 0.717) is 11.4 Å². The van der Waals surface area contributed by atoms with Gasteiger partial charge >= 0.3 is 12.0 Å². The first-order valence-corrected chi connectivity index (χ1v) is 11.5. The van der Waals surface area contributed by atoms with Crippen LogP contribution in [0, 0.1) is 0 Å². The number of nitrogens with one attached hydrogen (secondary N) is 2. The Morgan fingerprint density at radius 3 is 2.67 bits per heavy atom. The molecule has 0 bridgehead atoms. The SMILES string of the molecule is O=C(O)Cc1ccc(-n2nc(-c3cccs3)cc2NC(=O)N[C@H]2CCc3ccccc32)cc1. The van der Waals surface area contributed by atoms with Crippen molar-refractivity contribution in [3.8, 4) is 16.3 Å². The van der Waals surface area contributed by atoms with Gasteiger partial charge in [0.25, 0.3) is 0 Å². The maximum absolute atomic E-state index is 12.9. The van der Waals surface area contributed by atoms with Crippen molar-refractivity contribution in [1.82, 2.24) is 15.1 Å². The number of anilines is 1. The normalized spacial score (nSPS) is 14.6. The molecule has 0 saturated carbocycles. The summed E-state index contributed by atoms with van der Waals surface area (Å²) in [5, 5.41) is 21.7. The first kappa shape index (κ1) is 21.0. The number of benzene rings is 2. The van der Waals surface area contributed by atoms with E-state index in [0.717, 1.165) is 34.7 Å². The van der Waals surface area contributed by atoms with Crippen LogP contribution in [0.4, 0.5) is 10.6 Å². The van der Waals surface area contributed by atoms with E-state index in [4.69, 9.17) is 10.2 Å². The van der Waals surface area contributed by atoms with Gasteiger partial charge in [0.2, 0.25) is 0 Å². The lowest BCUT2D eigenvalue weighted by molar-refractivity contribution is -0.136. The second-order valence-electron chi connectivity index (χ2n) is 7.93.